The standard InChI is InChI=1S/C6H7Cl5N2.ClH/c7-1-3(9)5(11)13-6(12)4(10)2-8;/h4H,1-2H2,(H2,12,13);1H/b5-3+;. The predicted molar refractivity (Wildman–Crippen MR) is 60.0 cm³/mol. The van der Waals surface area contributed by atoms with Gasteiger partial charge in [0, 0.05) is 0 Å². The van der Waals surface area contributed by atoms with Crippen LogP contribution < -0.4 is 23.1 Å². The molecule has 0 aliphatic heterocycles. The Hall–Kier alpha value is 0.950. The van der Waals surface area contributed by atoms with Crippen LogP contribution in [0.5, 0.6) is 0 Å². The first kappa shape index (κ1) is 17.3. The lowest BCUT2D eigenvalue weighted by Gasteiger charge is -1.98. The first-order chi connectivity index (χ1) is 6.02. The van der Waals surface area contributed by atoms with Crippen molar-refractivity contribution in [2.45, 2.75) is 5.38 Å². The van der Waals surface area contributed by atoms with Crippen LogP contribution in [-0.2, 0) is 0 Å². The minimum atomic E-state index is -0.504. The van der Waals surface area contributed by atoms with Gasteiger partial charge in [-0.05, 0) is 11.6 Å². The molecule has 0 saturated heterocycles. The fraction of sp³-hybridized carbons (Fsp3) is 0.500. The minimum Gasteiger partial charge on any atom is -1.00 e. The van der Waals surface area contributed by atoms with Crippen LogP contribution in [-0.4, -0.2) is 23.0 Å². The van der Waals surface area contributed by atoms with E-state index in [4.69, 9.17) is 63.7 Å². The normalized spacial score (nSPS) is 15.6. The summed E-state index contributed by atoms with van der Waals surface area (Å²) >= 11 is 27.9. The van der Waals surface area contributed by atoms with Crippen molar-refractivity contribution in [3.63, 3.8) is 0 Å². The van der Waals surface area contributed by atoms with Gasteiger partial charge in [0.2, 0.25) is 5.16 Å². The van der Waals surface area contributed by atoms with Crippen LogP contribution in [0.2, 0.25) is 0 Å². The Morgan fingerprint density at radius 2 is 1.79 bits per heavy atom. The van der Waals surface area contributed by atoms with Crippen molar-refractivity contribution in [1.29, 1.82) is 0 Å². The fourth-order valence-corrected chi connectivity index (χ4v) is 1.06. The largest absolute Gasteiger partial charge is 1.00 e. The van der Waals surface area contributed by atoms with Gasteiger partial charge in [0.15, 0.2) is 0 Å². The molecule has 0 heterocycles. The number of nitrogens with two attached hydrogens (primary N) is 1. The molecule has 0 spiro atoms. The van der Waals surface area contributed by atoms with E-state index >= 15 is 0 Å². The minimum absolute atomic E-state index is 0. The molecule has 0 radical (unpaired) electrons. The SMILES string of the molecule is N/C(=[NH+]/C(Cl)=C(/Cl)CCl)C(Cl)CCl.[Cl-]. The smallest absolute Gasteiger partial charge is 0.265 e. The maximum absolute atomic E-state index is 5.69. The van der Waals surface area contributed by atoms with E-state index in [-0.39, 0.29) is 40.2 Å². The highest BCUT2D eigenvalue weighted by atomic mass is 35.5. The van der Waals surface area contributed by atoms with E-state index in [1.807, 2.05) is 0 Å². The molecule has 14 heavy (non-hydrogen) atoms. The second-order valence-electron chi connectivity index (χ2n) is 2.05. The Kier molecular flexibility index (Phi) is 11.4. The third-order valence-corrected chi connectivity index (χ3v) is 3.08. The van der Waals surface area contributed by atoms with Gasteiger partial charge < -0.3 is 12.4 Å². The van der Waals surface area contributed by atoms with E-state index in [1.54, 1.807) is 0 Å². The molecule has 84 valence electrons. The molecule has 0 fully saturated rings. The van der Waals surface area contributed by atoms with E-state index < -0.39 is 5.38 Å². The van der Waals surface area contributed by atoms with Gasteiger partial charge in [-0.2, -0.15) is 0 Å². The molecule has 0 aromatic heterocycles. The quantitative estimate of drug-likeness (QED) is 0.272. The number of halogens is 6. The van der Waals surface area contributed by atoms with Crippen molar-refractivity contribution >= 4 is 63.8 Å². The molecule has 0 aliphatic carbocycles. The van der Waals surface area contributed by atoms with Gasteiger partial charge in [-0.1, -0.05) is 11.6 Å². The third kappa shape index (κ3) is 6.44. The van der Waals surface area contributed by atoms with Gasteiger partial charge in [-0.3, -0.25) is 5.73 Å². The van der Waals surface area contributed by atoms with Crippen LogP contribution in [0.4, 0.5) is 0 Å². The Bertz CT molecular complexity index is 226. The van der Waals surface area contributed by atoms with Gasteiger partial charge in [-0.15, -0.1) is 34.8 Å². The van der Waals surface area contributed by atoms with Crippen LogP contribution >= 0.6 is 58.0 Å². The fourth-order valence-electron chi connectivity index (χ4n) is 0.415. The zero-order valence-electron chi connectivity index (χ0n) is 6.84. The number of amidine groups is 1. The summed E-state index contributed by atoms with van der Waals surface area (Å²) in [6.07, 6.45) is 0. The number of rotatable bonds is 4. The van der Waals surface area contributed by atoms with E-state index in [0.29, 0.717) is 0 Å². The number of hydrogen-bond acceptors (Lipinski definition) is 0. The lowest BCUT2D eigenvalue weighted by molar-refractivity contribution is -0.386. The zero-order chi connectivity index (χ0) is 10.4. The van der Waals surface area contributed by atoms with Crippen LogP contribution in [0.3, 0.4) is 0 Å². The van der Waals surface area contributed by atoms with Gasteiger partial charge >= 0.3 is 0 Å². The molecule has 1 unspecified atom stereocenters. The Labute approximate surface area is 114 Å². The molecule has 2 nitrogen and oxygen atoms in total. The first-order valence-corrected chi connectivity index (χ1v) is 5.48. The number of nitrogens with one attached hydrogen (secondary N) is 1. The van der Waals surface area contributed by atoms with Crippen molar-refractivity contribution in [2.24, 2.45) is 5.73 Å². The summed E-state index contributed by atoms with van der Waals surface area (Å²) in [5.74, 6) is 0.530. The molecule has 0 aromatic rings. The van der Waals surface area contributed by atoms with Crippen LogP contribution in [0, 0.1) is 0 Å². The summed E-state index contributed by atoms with van der Waals surface area (Å²) in [5.41, 5.74) is 5.49. The molecule has 3 N–H and O–H groups in total. The van der Waals surface area contributed by atoms with Crippen LogP contribution in [0.1, 0.15) is 0 Å². The molecule has 1 atom stereocenters. The number of allylic oxidation sites excluding steroid dienone is 1. The summed E-state index contributed by atoms with van der Waals surface area (Å²) < 4.78 is 0. The molecular formula is C6H8Cl6N2. The molecule has 0 aromatic carbocycles. The Morgan fingerprint density at radius 1 is 1.29 bits per heavy atom. The monoisotopic (exact) mass is 318 g/mol. The van der Waals surface area contributed by atoms with E-state index in [0.717, 1.165) is 0 Å². The first-order valence-electron chi connectivity index (χ1n) is 3.22. The molecule has 0 saturated carbocycles. The maximum atomic E-state index is 5.69. The zero-order valence-corrected chi connectivity index (χ0v) is 11.4. The van der Waals surface area contributed by atoms with Gasteiger partial charge in [-0.25, -0.2) is 4.99 Å². The maximum Gasteiger partial charge on any atom is 0.265 e. The average Bonchev–Trinajstić information content (AvgIpc) is 2.14. The van der Waals surface area contributed by atoms with E-state index in [2.05, 4.69) is 4.99 Å². The van der Waals surface area contributed by atoms with Gasteiger partial charge in [0.1, 0.15) is 5.38 Å². The van der Waals surface area contributed by atoms with Gasteiger partial charge in [0.25, 0.3) is 5.84 Å². The summed E-state index contributed by atoms with van der Waals surface area (Å²) in [5, 5.41) is -0.0788. The molecule has 0 aliphatic rings. The second-order valence-corrected chi connectivity index (χ2v) is 3.99. The average molecular weight is 321 g/mol. The Balaban J connectivity index is 0. The molecule has 0 rings (SSSR count). The number of alkyl halides is 3. The summed E-state index contributed by atoms with van der Waals surface area (Å²) in [7, 11) is 0. The lowest BCUT2D eigenvalue weighted by atomic mass is 10.4. The van der Waals surface area contributed by atoms with Crippen molar-refractivity contribution in [3.8, 4) is 0 Å². The molecule has 8 heteroatoms. The van der Waals surface area contributed by atoms with Gasteiger partial charge in [0.05, 0.1) is 16.8 Å². The van der Waals surface area contributed by atoms with Crippen molar-refractivity contribution in [2.75, 3.05) is 11.8 Å². The highest BCUT2D eigenvalue weighted by molar-refractivity contribution is 6.41. The van der Waals surface area contributed by atoms with Crippen LogP contribution in [0.15, 0.2) is 10.2 Å². The number of hydrogen-bond donors (Lipinski definition) is 2. The van der Waals surface area contributed by atoms with Crippen molar-refractivity contribution in [3.05, 3.63) is 10.2 Å². The summed E-state index contributed by atoms with van der Waals surface area (Å²) in [6.45, 7) is 0. The van der Waals surface area contributed by atoms with E-state index in [1.165, 1.54) is 0 Å². The van der Waals surface area contributed by atoms with Crippen LogP contribution in [0.25, 0.3) is 0 Å². The third-order valence-electron chi connectivity index (χ3n) is 1.08. The molecule has 0 amide bonds. The topological polar surface area (TPSA) is 40.0 Å². The van der Waals surface area contributed by atoms with Crippen molar-refractivity contribution < 1.29 is 17.4 Å². The lowest BCUT2D eigenvalue weighted by Crippen LogP contribution is -3.00. The molecule has 0 bridgehead atoms. The second kappa shape index (κ2) is 9.20. The highest BCUT2D eigenvalue weighted by Crippen LogP contribution is 2.08. The molecular weight excluding hydrogens is 313 g/mol. The highest BCUT2D eigenvalue weighted by Gasteiger charge is 2.14. The van der Waals surface area contributed by atoms with Crippen molar-refractivity contribution in [1.82, 2.24) is 0 Å². The summed E-state index contributed by atoms with van der Waals surface area (Å²) in [6, 6.07) is 0. The Morgan fingerprint density at radius 3 is 2.14 bits per heavy atom. The van der Waals surface area contributed by atoms with E-state index in [9.17, 15) is 0 Å². The predicted octanol–water partition coefficient (Wildman–Crippen LogP) is -1.84. The summed E-state index contributed by atoms with van der Waals surface area (Å²) in [4.78, 5) is 2.59.